The first-order chi connectivity index (χ1) is 18.7. The van der Waals surface area contributed by atoms with Gasteiger partial charge in [-0.05, 0) is 39.8 Å². The standard InChI is InChI=1S/C32H29BN4O2/c1-7-25-26(8-2)36-30(37-27(25)20-12-10-9-11-13-20)23-16-21-14-15-22-17-24(19-35-29(22)28(21)34-18-23)33-38-31(3,4)32(5,6)39-33/h7-19H,1-2H2,3-6H3. The van der Waals surface area contributed by atoms with E-state index >= 15 is 0 Å². The van der Waals surface area contributed by atoms with Gasteiger partial charge in [0.2, 0.25) is 0 Å². The molecule has 0 spiro atoms. The molecule has 0 saturated carbocycles. The topological polar surface area (TPSA) is 70.0 Å². The Labute approximate surface area is 228 Å². The van der Waals surface area contributed by atoms with Crippen LogP contribution in [0.5, 0.6) is 0 Å². The van der Waals surface area contributed by atoms with Crippen molar-refractivity contribution in [2.24, 2.45) is 0 Å². The Morgan fingerprint density at radius 2 is 1.38 bits per heavy atom. The van der Waals surface area contributed by atoms with E-state index in [2.05, 4.69) is 37.4 Å². The molecular formula is C32H29BN4O2. The largest absolute Gasteiger partial charge is 0.496 e. The fourth-order valence-electron chi connectivity index (χ4n) is 4.83. The highest BCUT2D eigenvalue weighted by atomic mass is 16.7. The molecule has 5 aromatic rings. The number of pyridine rings is 2. The number of rotatable bonds is 5. The second-order valence-electron chi connectivity index (χ2n) is 10.8. The predicted octanol–water partition coefficient (Wildman–Crippen LogP) is 6.49. The zero-order chi connectivity index (χ0) is 27.4. The summed E-state index contributed by atoms with van der Waals surface area (Å²) < 4.78 is 12.4. The van der Waals surface area contributed by atoms with Crippen LogP contribution < -0.4 is 5.46 Å². The Hall–Kier alpha value is -4.20. The van der Waals surface area contributed by atoms with Crippen LogP contribution in [0.4, 0.5) is 0 Å². The summed E-state index contributed by atoms with van der Waals surface area (Å²) >= 11 is 0. The van der Waals surface area contributed by atoms with Crippen LogP contribution in [0.25, 0.3) is 56.6 Å². The SMILES string of the molecule is C=Cc1nc(-c2cnc3c(ccc4cc(B5OC(C)(C)C(C)(C)O5)cnc43)c2)nc(-c2ccccc2)c1C=C. The summed E-state index contributed by atoms with van der Waals surface area (Å²) in [5.41, 5.74) is 5.88. The van der Waals surface area contributed by atoms with E-state index in [1.807, 2.05) is 64.2 Å². The molecule has 192 valence electrons. The molecule has 6 nitrogen and oxygen atoms in total. The molecule has 3 aromatic heterocycles. The van der Waals surface area contributed by atoms with Crippen LogP contribution in [0.1, 0.15) is 39.0 Å². The third kappa shape index (κ3) is 4.24. The van der Waals surface area contributed by atoms with Crippen molar-refractivity contribution in [3.05, 3.63) is 91.4 Å². The molecule has 1 aliphatic heterocycles. The number of benzene rings is 2. The minimum atomic E-state index is -0.466. The minimum Gasteiger partial charge on any atom is -0.399 e. The van der Waals surface area contributed by atoms with Gasteiger partial charge in [0.05, 0.1) is 33.6 Å². The summed E-state index contributed by atoms with van der Waals surface area (Å²) in [5, 5.41) is 1.93. The van der Waals surface area contributed by atoms with Crippen molar-refractivity contribution in [1.29, 1.82) is 0 Å². The van der Waals surface area contributed by atoms with Gasteiger partial charge in [-0.25, -0.2) is 9.97 Å². The molecule has 0 atom stereocenters. The molecule has 0 radical (unpaired) electrons. The highest BCUT2D eigenvalue weighted by molar-refractivity contribution is 6.62. The molecule has 0 aliphatic carbocycles. The molecule has 0 N–H and O–H groups in total. The third-order valence-corrected chi connectivity index (χ3v) is 7.73. The molecule has 0 unspecified atom stereocenters. The van der Waals surface area contributed by atoms with E-state index in [9.17, 15) is 0 Å². The summed E-state index contributed by atoms with van der Waals surface area (Å²) in [4.78, 5) is 19.3. The Bertz CT molecular complexity index is 1750. The van der Waals surface area contributed by atoms with E-state index in [0.717, 1.165) is 55.3 Å². The van der Waals surface area contributed by atoms with E-state index < -0.39 is 18.3 Å². The van der Waals surface area contributed by atoms with E-state index in [1.54, 1.807) is 18.3 Å². The van der Waals surface area contributed by atoms with Crippen LogP contribution in [0.3, 0.4) is 0 Å². The average molecular weight is 512 g/mol. The maximum absolute atomic E-state index is 6.22. The van der Waals surface area contributed by atoms with Crippen LogP contribution in [-0.4, -0.2) is 38.3 Å². The molecule has 1 saturated heterocycles. The van der Waals surface area contributed by atoms with Crippen molar-refractivity contribution < 1.29 is 9.31 Å². The second-order valence-corrected chi connectivity index (χ2v) is 10.8. The Morgan fingerprint density at radius 3 is 2.03 bits per heavy atom. The van der Waals surface area contributed by atoms with Crippen LogP contribution in [-0.2, 0) is 9.31 Å². The first-order valence-electron chi connectivity index (χ1n) is 13.0. The predicted molar refractivity (Wildman–Crippen MR) is 159 cm³/mol. The summed E-state index contributed by atoms with van der Waals surface area (Å²) in [6.07, 6.45) is 7.13. The number of hydrogen-bond donors (Lipinski definition) is 0. The Morgan fingerprint density at radius 1 is 0.744 bits per heavy atom. The van der Waals surface area contributed by atoms with Crippen molar-refractivity contribution in [2.75, 3.05) is 0 Å². The Balaban J connectivity index is 1.42. The van der Waals surface area contributed by atoms with Gasteiger partial charge < -0.3 is 9.31 Å². The Kier molecular flexibility index (Phi) is 5.94. The smallest absolute Gasteiger partial charge is 0.399 e. The zero-order valence-electron chi connectivity index (χ0n) is 22.6. The van der Waals surface area contributed by atoms with Crippen LogP contribution in [0.15, 0.2) is 80.1 Å². The van der Waals surface area contributed by atoms with Gasteiger partial charge >= 0.3 is 7.12 Å². The number of aromatic nitrogens is 4. The van der Waals surface area contributed by atoms with Gasteiger partial charge in [0.1, 0.15) is 0 Å². The molecule has 39 heavy (non-hydrogen) atoms. The van der Waals surface area contributed by atoms with Gasteiger partial charge in [0.25, 0.3) is 0 Å². The lowest BCUT2D eigenvalue weighted by molar-refractivity contribution is 0.00578. The maximum atomic E-state index is 6.22. The first kappa shape index (κ1) is 25.1. The lowest BCUT2D eigenvalue weighted by Gasteiger charge is -2.32. The zero-order valence-corrected chi connectivity index (χ0v) is 22.6. The van der Waals surface area contributed by atoms with E-state index in [1.165, 1.54) is 0 Å². The van der Waals surface area contributed by atoms with Crippen LogP contribution >= 0.6 is 0 Å². The van der Waals surface area contributed by atoms with Gasteiger partial charge in [0.15, 0.2) is 5.82 Å². The van der Waals surface area contributed by atoms with Crippen molar-refractivity contribution in [1.82, 2.24) is 19.9 Å². The third-order valence-electron chi connectivity index (χ3n) is 7.73. The lowest BCUT2D eigenvalue weighted by Crippen LogP contribution is -2.41. The normalized spacial score (nSPS) is 16.1. The van der Waals surface area contributed by atoms with Crippen LogP contribution in [0.2, 0.25) is 0 Å². The van der Waals surface area contributed by atoms with Gasteiger partial charge in [-0.1, -0.05) is 67.8 Å². The lowest BCUT2D eigenvalue weighted by atomic mass is 9.79. The summed E-state index contributed by atoms with van der Waals surface area (Å²) in [5.74, 6) is 0.577. The second kappa shape index (κ2) is 9.22. The molecule has 0 amide bonds. The fraction of sp³-hybridized carbons (Fsp3) is 0.188. The summed E-state index contributed by atoms with van der Waals surface area (Å²) in [6, 6.07) is 18.2. The quantitative estimate of drug-likeness (QED) is 0.198. The van der Waals surface area contributed by atoms with Gasteiger partial charge in [0, 0.05) is 45.3 Å². The monoisotopic (exact) mass is 512 g/mol. The van der Waals surface area contributed by atoms with Crippen molar-refractivity contribution in [3.63, 3.8) is 0 Å². The number of fused-ring (bicyclic) bond motifs is 3. The molecular weight excluding hydrogens is 483 g/mol. The van der Waals surface area contributed by atoms with Crippen molar-refractivity contribution >= 4 is 46.5 Å². The van der Waals surface area contributed by atoms with Crippen molar-refractivity contribution in [2.45, 2.75) is 38.9 Å². The highest BCUT2D eigenvalue weighted by Gasteiger charge is 2.51. The van der Waals surface area contributed by atoms with Crippen LogP contribution in [0, 0.1) is 0 Å². The molecule has 2 aromatic carbocycles. The number of nitrogens with zero attached hydrogens (tertiary/aromatic N) is 4. The molecule has 0 bridgehead atoms. The molecule has 6 rings (SSSR count). The molecule has 4 heterocycles. The fourth-order valence-corrected chi connectivity index (χ4v) is 4.83. The van der Waals surface area contributed by atoms with Gasteiger partial charge in [-0.2, -0.15) is 0 Å². The van der Waals surface area contributed by atoms with E-state index in [0.29, 0.717) is 5.82 Å². The minimum absolute atomic E-state index is 0.411. The van der Waals surface area contributed by atoms with Gasteiger partial charge in [-0.15, -0.1) is 0 Å². The summed E-state index contributed by atoms with van der Waals surface area (Å²) in [6.45, 7) is 16.1. The van der Waals surface area contributed by atoms with E-state index in [4.69, 9.17) is 29.2 Å². The first-order valence-corrected chi connectivity index (χ1v) is 13.0. The van der Waals surface area contributed by atoms with Crippen molar-refractivity contribution in [3.8, 4) is 22.6 Å². The highest BCUT2D eigenvalue weighted by Crippen LogP contribution is 2.37. The van der Waals surface area contributed by atoms with Gasteiger partial charge in [-0.3, -0.25) is 9.97 Å². The average Bonchev–Trinajstić information content (AvgIpc) is 3.18. The summed E-state index contributed by atoms with van der Waals surface area (Å²) in [7, 11) is -0.466. The van der Waals surface area contributed by atoms with E-state index in [-0.39, 0.29) is 0 Å². The molecule has 1 fully saturated rings. The maximum Gasteiger partial charge on any atom is 0.496 e. The molecule has 1 aliphatic rings. The number of hydrogen-bond acceptors (Lipinski definition) is 6. The molecule has 7 heteroatoms.